The van der Waals surface area contributed by atoms with E-state index in [4.69, 9.17) is 4.74 Å². The number of rotatable bonds is 0. The van der Waals surface area contributed by atoms with Gasteiger partial charge in [0.2, 0.25) is 0 Å². The van der Waals surface area contributed by atoms with Crippen LogP contribution in [-0.4, -0.2) is 37.2 Å². The average Bonchev–Trinajstić information content (AvgIpc) is 2.20. The third-order valence-corrected chi connectivity index (χ3v) is 3.15. The number of ether oxygens (including phenoxy) is 1. The second-order valence-electron chi connectivity index (χ2n) is 3.51. The molecule has 2 heteroatoms. The third-order valence-electron chi connectivity index (χ3n) is 3.15. The van der Waals surface area contributed by atoms with Crippen molar-refractivity contribution in [3.8, 4) is 0 Å². The zero-order valence-electron chi connectivity index (χ0n) is 8.60. The van der Waals surface area contributed by atoms with Gasteiger partial charge in [0.25, 0.3) is 0 Å². The highest BCUT2D eigenvalue weighted by Crippen LogP contribution is 2.37. The molecule has 72 valence electrons. The maximum absolute atomic E-state index is 5.32. The Morgan fingerprint density at radius 2 is 1.67 bits per heavy atom. The van der Waals surface area contributed by atoms with Gasteiger partial charge in [-0.25, -0.2) is 0 Å². The Labute approximate surface area is 75.9 Å². The fourth-order valence-electron chi connectivity index (χ4n) is 2.03. The van der Waals surface area contributed by atoms with Crippen LogP contribution in [0.15, 0.2) is 0 Å². The topological polar surface area (TPSA) is 12.5 Å². The molecule has 2 fully saturated rings. The molecule has 0 bridgehead atoms. The van der Waals surface area contributed by atoms with Crippen LogP contribution in [0.5, 0.6) is 0 Å². The molecular formula is C10H21NO. The molecule has 2 saturated heterocycles. The lowest BCUT2D eigenvalue weighted by Gasteiger charge is -2.53. The van der Waals surface area contributed by atoms with E-state index in [1.165, 1.54) is 25.8 Å². The molecule has 0 aromatic carbocycles. The van der Waals surface area contributed by atoms with Crippen molar-refractivity contribution >= 4 is 0 Å². The van der Waals surface area contributed by atoms with Gasteiger partial charge in [0.05, 0.1) is 0 Å². The van der Waals surface area contributed by atoms with E-state index in [1.807, 2.05) is 13.8 Å². The van der Waals surface area contributed by atoms with Crippen molar-refractivity contribution < 1.29 is 4.74 Å². The fraction of sp³-hybridized carbons (Fsp3) is 1.00. The van der Waals surface area contributed by atoms with Gasteiger partial charge in [-0.1, -0.05) is 13.8 Å². The molecule has 2 aliphatic rings. The van der Waals surface area contributed by atoms with Crippen molar-refractivity contribution in [1.29, 1.82) is 0 Å². The summed E-state index contributed by atoms with van der Waals surface area (Å²) in [4.78, 5) is 2.48. The van der Waals surface area contributed by atoms with Gasteiger partial charge in [0.15, 0.2) is 0 Å². The van der Waals surface area contributed by atoms with Crippen molar-refractivity contribution in [2.45, 2.75) is 38.6 Å². The summed E-state index contributed by atoms with van der Waals surface area (Å²) in [6.07, 6.45) is 3.90. The summed E-state index contributed by atoms with van der Waals surface area (Å²) in [6.45, 7) is 7.24. The van der Waals surface area contributed by atoms with Crippen LogP contribution in [0.4, 0.5) is 0 Å². The SMILES string of the molecule is CC.CN1CCC12CCOCC2. The second kappa shape index (κ2) is 4.24. The first-order chi connectivity index (χ1) is 5.83. The summed E-state index contributed by atoms with van der Waals surface area (Å²) >= 11 is 0. The summed E-state index contributed by atoms with van der Waals surface area (Å²) in [7, 11) is 2.23. The molecule has 0 aromatic rings. The van der Waals surface area contributed by atoms with Crippen LogP contribution in [0.3, 0.4) is 0 Å². The Morgan fingerprint density at radius 3 is 1.92 bits per heavy atom. The van der Waals surface area contributed by atoms with Crippen LogP contribution < -0.4 is 0 Å². The summed E-state index contributed by atoms with van der Waals surface area (Å²) < 4.78 is 5.32. The first-order valence-electron chi connectivity index (χ1n) is 5.13. The standard InChI is InChI=1S/C8H15NO.C2H6/c1-9-5-2-8(9)3-6-10-7-4-8;1-2/h2-7H2,1H3;1-2H3. The fourth-order valence-corrected chi connectivity index (χ4v) is 2.03. The number of likely N-dealkylation sites (tertiary alicyclic amines) is 1. The normalized spacial score (nSPS) is 27.2. The Hall–Kier alpha value is -0.0800. The van der Waals surface area contributed by atoms with Gasteiger partial charge in [0, 0.05) is 25.3 Å². The quantitative estimate of drug-likeness (QED) is 0.552. The largest absolute Gasteiger partial charge is 0.381 e. The molecule has 0 unspecified atom stereocenters. The van der Waals surface area contributed by atoms with E-state index >= 15 is 0 Å². The molecule has 0 aromatic heterocycles. The highest BCUT2D eigenvalue weighted by atomic mass is 16.5. The minimum absolute atomic E-state index is 0.568. The zero-order valence-corrected chi connectivity index (χ0v) is 8.60. The van der Waals surface area contributed by atoms with Gasteiger partial charge in [-0.15, -0.1) is 0 Å². The zero-order chi connectivity index (χ0) is 9.03. The van der Waals surface area contributed by atoms with Crippen LogP contribution in [0, 0.1) is 0 Å². The van der Waals surface area contributed by atoms with E-state index in [2.05, 4.69) is 11.9 Å². The van der Waals surface area contributed by atoms with Crippen LogP contribution in [0.1, 0.15) is 33.1 Å². The van der Waals surface area contributed by atoms with E-state index in [9.17, 15) is 0 Å². The molecule has 2 aliphatic heterocycles. The van der Waals surface area contributed by atoms with Crippen molar-refractivity contribution in [3.63, 3.8) is 0 Å². The highest BCUT2D eigenvalue weighted by molar-refractivity contribution is 4.98. The third kappa shape index (κ3) is 1.64. The molecule has 0 atom stereocenters. The first-order valence-corrected chi connectivity index (χ1v) is 5.13. The van der Waals surface area contributed by atoms with E-state index in [1.54, 1.807) is 0 Å². The lowest BCUT2D eigenvalue weighted by atomic mass is 9.79. The predicted molar refractivity (Wildman–Crippen MR) is 51.4 cm³/mol. The van der Waals surface area contributed by atoms with E-state index in [0.717, 1.165) is 13.2 Å². The molecule has 0 N–H and O–H groups in total. The van der Waals surface area contributed by atoms with E-state index < -0.39 is 0 Å². The van der Waals surface area contributed by atoms with Crippen LogP contribution in [0.25, 0.3) is 0 Å². The smallest absolute Gasteiger partial charge is 0.0483 e. The minimum Gasteiger partial charge on any atom is -0.381 e. The predicted octanol–water partition coefficient (Wildman–Crippen LogP) is 1.90. The summed E-state index contributed by atoms with van der Waals surface area (Å²) in [6, 6.07) is 0. The number of hydrogen-bond donors (Lipinski definition) is 0. The van der Waals surface area contributed by atoms with Gasteiger partial charge >= 0.3 is 0 Å². The highest BCUT2D eigenvalue weighted by Gasteiger charge is 2.42. The molecule has 0 radical (unpaired) electrons. The summed E-state index contributed by atoms with van der Waals surface area (Å²) in [5.41, 5.74) is 0.568. The van der Waals surface area contributed by atoms with Crippen molar-refractivity contribution in [2.75, 3.05) is 26.8 Å². The van der Waals surface area contributed by atoms with Crippen LogP contribution in [-0.2, 0) is 4.74 Å². The second-order valence-corrected chi connectivity index (χ2v) is 3.51. The van der Waals surface area contributed by atoms with Crippen molar-refractivity contribution in [2.24, 2.45) is 0 Å². The summed E-state index contributed by atoms with van der Waals surface area (Å²) in [5, 5.41) is 0. The van der Waals surface area contributed by atoms with Crippen LogP contribution >= 0.6 is 0 Å². The molecule has 2 rings (SSSR count). The Morgan fingerprint density at radius 1 is 1.08 bits per heavy atom. The van der Waals surface area contributed by atoms with Crippen molar-refractivity contribution in [3.05, 3.63) is 0 Å². The Bertz CT molecular complexity index is 130. The summed E-state index contributed by atoms with van der Waals surface area (Å²) in [5.74, 6) is 0. The molecule has 2 nitrogen and oxygen atoms in total. The number of nitrogens with zero attached hydrogens (tertiary/aromatic N) is 1. The van der Waals surface area contributed by atoms with Gasteiger partial charge in [-0.3, -0.25) is 0 Å². The van der Waals surface area contributed by atoms with Gasteiger partial charge in [-0.05, 0) is 26.3 Å². The molecule has 0 saturated carbocycles. The molecule has 1 spiro atoms. The average molecular weight is 171 g/mol. The van der Waals surface area contributed by atoms with Crippen LogP contribution in [0.2, 0.25) is 0 Å². The van der Waals surface area contributed by atoms with Gasteiger partial charge in [-0.2, -0.15) is 0 Å². The Kier molecular flexibility index (Phi) is 3.53. The van der Waals surface area contributed by atoms with Gasteiger partial charge < -0.3 is 9.64 Å². The van der Waals surface area contributed by atoms with Crippen molar-refractivity contribution in [1.82, 2.24) is 4.90 Å². The first kappa shape index (κ1) is 10.0. The van der Waals surface area contributed by atoms with E-state index in [0.29, 0.717) is 5.54 Å². The molecular weight excluding hydrogens is 150 g/mol. The molecule has 12 heavy (non-hydrogen) atoms. The maximum atomic E-state index is 5.32. The monoisotopic (exact) mass is 171 g/mol. The number of hydrogen-bond acceptors (Lipinski definition) is 2. The molecule has 0 amide bonds. The minimum atomic E-state index is 0.568. The lowest BCUT2D eigenvalue weighted by molar-refractivity contribution is -0.0750. The molecule has 0 aliphatic carbocycles. The Balaban J connectivity index is 0.000000336. The molecule has 2 heterocycles. The maximum Gasteiger partial charge on any atom is 0.0483 e. The van der Waals surface area contributed by atoms with Gasteiger partial charge in [0.1, 0.15) is 0 Å². The lowest BCUT2D eigenvalue weighted by Crippen LogP contribution is -2.60. The van der Waals surface area contributed by atoms with E-state index in [-0.39, 0.29) is 0 Å².